The van der Waals surface area contributed by atoms with E-state index in [1.54, 1.807) is 41.8 Å². The van der Waals surface area contributed by atoms with Gasteiger partial charge in [-0.25, -0.2) is 18.1 Å². The van der Waals surface area contributed by atoms with Gasteiger partial charge in [-0.1, -0.05) is 54.1 Å². The molecule has 0 spiro atoms. The second kappa shape index (κ2) is 12.8. The van der Waals surface area contributed by atoms with Crippen LogP contribution in [0.3, 0.4) is 0 Å². The smallest absolute Gasteiger partial charge is 0.257 e. The van der Waals surface area contributed by atoms with E-state index >= 15 is 0 Å². The van der Waals surface area contributed by atoms with Crippen molar-refractivity contribution in [3.05, 3.63) is 92.2 Å². The molecule has 3 rings (SSSR count). The van der Waals surface area contributed by atoms with E-state index in [4.69, 9.17) is 11.6 Å². The summed E-state index contributed by atoms with van der Waals surface area (Å²) in [5.74, 6) is -2.54. The number of nitrogens with zero attached hydrogens (tertiary/aromatic N) is 2. The lowest BCUT2D eigenvalue weighted by atomic mass is 10.0. The zero-order valence-corrected chi connectivity index (χ0v) is 22.4. The Labute approximate surface area is 220 Å². The first-order chi connectivity index (χ1) is 17.2. The summed E-state index contributed by atoms with van der Waals surface area (Å²) < 4.78 is 27.2. The molecule has 2 aromatic carbocycles. The molecular weight excluding hydrogens is 518 g/mol. The van der Waals surface area contributed by atoms with E-state index in [0.717, 1.165) is 16.0 Å². The zero-order valence-electron chi connectivity index (χ0n) is 20.1. The van der Waals surface area contributed by atoms with Crippen molar-refractivity contribution >= 4 is 50.9 Å². The molecule has 3 aromatic rings. The van der Waals surface area contributed by atoms with Crippen LogP contribution < -0.4 is 4.72 Å². The molecule has 0 saturated carbocycles. The highest BCUT2D eigenvalue weighted by atomic mass is 35.5. The maximum Gasteiger partial charge on any atom is 0.257 e. The van der Waals surface area contributed by atoms with Crippen LogP contribution in [-0.2, 0) is 32.5 Å². The number of carbonyl (C=O) groups excluding carboxylic acids is 2. The summed E-state index contributed by atoms with van der Waals surface area (Å²) in [5.41, 5.74) is 2.26. The lowest BCUT2D eigenvalue weighted by Gasteiger charge is -2.24. The maximum atomic E-state index is 13.2. The normalized spacial score (nSPS) is 12.4. The molecule has 1 aromatic heterocycles. The number of hydrogen-bond acceptors (Lipinski definition) is 6. The molecule has 0 bridgehead atoms. The Bertz CT molecular complexity index is 1300. The Hall–Kier alpha value is -3.01. The van der Waals surface area contributed by atoms with E-state index in [1.165, 1.54) is 22.3 Å². The van der Waals surface area contributed by atoms with Gasteiger partial charge in [0.15, 0.2) is 0 Å². The van der Waals surface area contributed by atoms with Gasteiger partial charge in [0.1, 0.15) is 5.92 Å². The number of hydrogen-bond donors (Lipinski definition) is 1. The van der Waals surface area contributed by atoms with Gasteiger partial charge in [-0.3, -0.25) is 9.59 Å². The fraction of sp³-hybridized carbons (Fsp3) is 0.269. The minimum absolute atomic E-state index is 0.00377. The van der Waals surface area contributed by atoms with Crippen molar-refractivity contribution in [2.75, 3.05) is 13.1 Å². The minimum atomic E-state index is -4.11. The summed E-state index contributed by atoms with van der Waals surface area (Å²) in [6.45, 7) is 4.42. The highest BCUT2D eigenvalue weighted by molar-refractivity contribution is 7.93. The quantitative estimate of drug-likeness (QED) is 0.357. The van der Waals surface area contributed by atoms with Gasteiger partial charge in [0.05, 0.1) is 16.1 Å². The number of sulfonamides is 1. The topological polar surface area (TPSA) is 96.4 Å². The average Bonchev–Trinajstić information content (AvgIpc) is 3.30. The first-order valence-electron chi connectivity index (χ1n) is 11.5. The predicted molar refractivity (Wildman–Crippen MR) is 144 cm³/mol. The average molecular weight is 546 g/mol. The fourth-order valence-electron chi connectivity index (χ4n) is 3.54. The number of benzene rings is 2. The summed E-state index contributed by atoms with van der Waals surface area (Å²) in [5, 5.41) is 4.19. The maximum absolute atomic E-state index is 13.2. The molecule has 0 aliphatic carbocycles. The highest BCUT2D eigenvalue weighted by Gasteiger charge is 2.32. The van der Waals surface area contributed by atoms with Crippen LogP contribution in [0.2, 0.25) is 5.02 Å². The molecule has 10 heteroatoms. The van der Waals surface area contributed by atoms with E-state index < -0.39 is 27.8 Å². The van der Waals surface area contributed by atoms with E-state index in [0.29, 0.717) is 35.8 Å². The van der Waals surface area contributed by atoms with Crippen LogP contribution in [0, 0.1) is 5.92 Å². The van der Waals surface area contributed by atoms with Gasteiger partial charge in [0, 0.05) is 36.3 Å². The summed E-state index contributed by atoms with van der Waals surface area (Å²) in [6, 6.07) is 16.3. The second-order valence-corrected chi connectivity index (χ2v) is 11.0. The van der Waals surface area contributed by atoms with Crippen LogP contribution in [0.5, 0.6) is 0 Å². The standard InChI is InChI=1S/C26H28ClN3O4S2/c1-3-30(4-2)26(32)23(25(31)29-36(33,34)15-14-19-8-6-5-7-9-19)17-22-18-35-24(28-22)16-20-10-12-21(27)13-11-20/h5-15,18,23H,3-4,16-17H2,1-2H3,(H,29,31). The summed E-state index contributed by atoms with van der Waals surface area (Å²) in [6.07, 6.45) is 1.97. The third-order valence-electron chi connectivity index (χ3n) is 5.45. The molecule has 2 amide bonds. The predicted octanol–water partition coefficient (Wildman–Crippen LogP) is 4.53. The summed E-state index contributed by atoms with van der Waals surface area (Å²) in [7, 11) is -4.11. The molecule has 0 radical (unpaired) electrons. The first kappa shape index (κ1) is 27.6. The van der Waals surface area contributed by atoms with Crippen molar-refractivity contribution in [2.45, 2.75) is 26.7 Å². The largest absolute Gasteiger partial charge is 0.343 e. The highest BCUT2D eigenvalue weighted by Crippen LogP contribution is 2.20. The third-order valence-corrected chi connectivity index (χ3v) is 7.58. The van der Waals surface area contributed by atoms with Crippen molar-refractivity contribution < 1.29 is 18.0 Å². The number of nitrogens with one attached hydrogen (secondary N) is 1. The van der Waals surface area contributed by atoms with Crippen molar-refractivity contribution in [3.63, 3.8) is 0 Å². The number of thiazole rings is 1. The first-order valence-corrected chi connectivity index (χ1v) is 14.3. The lowest BCUT2D eigenvalue weighted by molar-refractivity contribution is -0.141. The van der Waals surface area contributed by atoms with E-state index in [2.05, 4.69) is 4.98 Å². The van der Waals surface area contributed by atoms with Crippen LogP contribution in [-0.4, -0.2) is 43.2 Å². The zero-order chi connectivity index (χ0) is 26.1. The van der Waals surface area contributed by atoms with E-state index in [-0.39, 0.29) is 6.42 Å². The molecule has 190 valence electrons. The van der Waals surface area contributed by atoms with Crippen molar-refractivity contribution in [3.8, 4) is 0 Å². The number of rotatable bonds is 11. The van der Waals surface area contributed by atoms with Crippen LogP contribution in [0.15, 0.2) is 65.4 Å². The summed E-state index contributed by atoms with van der Waals surface area (Å²) in [4.78, 5) is 32.3. The van der Waals surface area contributed by atoms with Gasteiger partial charge in [0.2, 0.25) is 11.8 Å². The van der Waals surface area contributed by atoms with Gasteiger partial charge >= 0.3 is 0 Å². The summed E-state index contributed by atoms with van der Waals surface area (Å²) >= 11 is 7.37. The molecule has 1 N–H and O–H groups in total. The number of halogens is 1. The van der Waals surface area contributed by atoms with Gasteiger partial charge in [0.25, 0.3) is 10.0 Å². The molecule has 0 saturated heterocycles. The van der Waals surface area contributed by atoms with Gasteiger partial charge in [-0.2, -0.15) is 0 Å². The van der Waals surface area contributed by atoms with Crippen molar-refractivity contribution in [1.82, 2.24) is 14.6 Å². The molecule has 1 heterocycles. The van der Waals surface area contributed by atoms with Crippen LogP contribution in [0.4, 0.5) is 0 Å². The van der Waals surface area contributed by atoms with E-state index in [9.17, 15) is 18.0 Å². The van der Waals surface area contributed by atoms with Gasteiger partial charge in [-0.05, 0) is 43.2 Å². The van der Waals surface area contributed by atoms with Gasteiger partial charge in [-0.15, -0.1) is 11.3 Å². The Morgan fingerprint density at radius 2 is 1.75 bits per heavy atom. The number of aromatic nitrogens is 1. The Morgan fingerprint density at radius 1 is 1.08 bits per heavy atom. The molecule has 0 aliphatic rings. The van der Waals surface area contributed by atoms with Crippen molar-refractivity contribution in [2.24, 2.45) is 5.92 Å². The third kappa shape index (κ3) is 8.01. The molecule has 1 unspecified atom stereocenters. The lowest BCUT2D eigenvalue weighted by Crippen LogP contribution is -2.45. The SMILES string of the molecule is CCN(CC)C(=O)C(Cc1csc(Cc2ccc(Cl)cc2)n1)C(=O)NS(=O)(=O)C=Cc1ccccc1. The fourth-order valence-corrected chi connectivity index (χ4v) is 5.33. The molecule has 0 fully saturated rings. The Morgan fingerprint density at radius 3 is 2.39 bits per heavy atom. The number of carbonyl (C=O) groups is 2. The van der Waals surface area contributed by atoms with Crippen LogP contribution >= 0.6 is 22.9 Å². The van der Waals surface area contributed by atoms with Crippen LogP contribution in [0.1, 0.15) is 35.7 Å². The Balaban J connectivity index is 1.77. The monoisotopic (exact) mass is 545 g/mol. The molecule has 7 nitrogen and oxygen atoms in total. The molecule has 0 aliphatic heterocycles. The van der Waals surface area contributed by atoms with Crippen molar-refractivity contribution in [1.29, 1.82) is 0 Å². The minimum Gasteiger partial charge on any atom is -0.343 e. The molecule has 36 heavy (non-hydrogen) atoms. The number of amides is 2. The van der Waals surface area contributed by atoms with Crippen LogP contribution in [0.25, 0.3) is 6.08 Å². The Kier molecular flexibility index (Phi) is 9.81. The second-order valence-electron chi connectivity index (χ2n) is 8.03. The van der Waals surface area contributed by atoms with Gasteiger partial charge < -0.3 is 4.90 Å². The molecule has 1 atom stereocenters. The molecular formula is C26H28ClN3O4S2. The van der Waals surface area contributed by atoms with E-state index in [1.807, 2.05) is 36.8 Å².